The van der Waals surface area contributed by atoms with E-state index >= 15 is 0 Å². The quantitative estimate of drug-likeness (QED) is 0.431. The average molecular weight is 257 g/mol. The van der Waals surface area contributed by atoms with Crippen molar-refractivity contribution in [3.63, 3.8) is 0 Å². The Morgan fingerprint density at radius 3 is 1.94 bits per heavy atom. The van der Waals surface area contributed by atoms with Gasteiger partial charge in [-0.05, 0) is 18.6 Å². The molecule has 0 aromatic heterocycles. The van der Waals surface area contributed by atoms with Crippen LogP contribution in [-0.2, 0) is 0 Å². The van der Waals surface area contributed by atoms with Crippen molar-refractivity contribution in [2.45, 2.75) is 58.3 Å². The molecule has 1 aromatic carbocycles. The van der Waals surface area contributed by atoms with E-state index in [1.807, 2.05) is 30.3 Å². The van der Waals surface area contributed by atoms with Crippen LogP contribution in [0.3, 0.4) is 0 Å². The molecule has 1 aromatic rings. The first-order valence-corrected chi connectivity index (χ1v) is 7.11. The van der Waals surface area contributed by atoms with Crippen LogP contribution in [0, 0.1) is 0 Å². The van der Waals surface area contributed by atoms with E-state index in [1.54, 1.807) is 0 Å². The van der Waals surface area contributed by atoms with Gasteiger partial charge in [0.25, 0.3) is 0 Å². The molecule has 0 fully saturated rings. The summed E-state index contributed by atoms with van der Waals surface area (Å²) in [7, 11) is 0. The summed E-state index contributed by atoms with van der Waals surface area (Å²) >= 11 is 0. The predicted molar refractivity (Wildman–Crippen MR) is 80.3 cm³/mol. The number of ether oxygens (including phenoxy) is 1. The molecule has 0 aliphatic rings. The van der Waals surface area contributed by atoms with Crippen LogP contribution in [0.4, 0.5) is 0 Å². The van der Waals surface area contributed by atoms with Gasteiger partial charge in [0.15, 0.2) is 0 Å². The van der Waals surface area contributed by atoms with Gasteiger partial charge in [0.1, 0.15) is 5.75 Å². The molecule has 0 spiro atoms. The summed E-state index contributed by atoms with van der Waals surface area (Å²) in [5.41, 5.74) is 0. The molecule has 0 amide bonds. The monoisotopic (exact) mass is 257 g/mol. The molecule has 0 unspecified atom stereocenters. The molecular weight excluding hydrogens is 231 g/mol. The molecule has 2 heteroatoms. The summed E-state index contributed by atoms with van der Waals surface area (Å²) in [5, 5.41) is 0. The van der Waals surface area contributed by atoms with Crippen LogP contribution in [0.1, 0.15) is 58.3 Å². The smallest absolute Gasteiger partial charge is 0.119 e. The topological polar surface area (TPSA) is 9.23 Å². The standard InChI is InChI=1S/C16H26O.Na/c1-2-3-4-5-6-7-8-12-15-17-16-13-10-9-11-14-16;/h9-11,13-14H,2-8,12,15H2,1H3;. The van der Waals surface area contributed by atoms with Crippen molar-refractivity contribution in [1.82, 2.24) is 0 Å². The van der Waals surface area contributed by atoms with Crippen molar-refractivity contribution >= 4 is 29.6 Å². The maximum Gasteiger partial charge on any atom is 0.119 e. The van der Waals surface area contributed by atoms with E-state index in [4.69, 9.17) is 4.74 Å². The summed E-state index contributed by atoms with van der Waals surface area (Å²) in [4.78, 5) is 0. The fraction of sp³-hybridized carbons (Fsp3) is 0.625. The first-order valence-electron chi connectivity index (χ1n) is 7.11. The van der Waals surface area contributed by atoms with Crippen molar-refractivity contribution in [2.24, 2.45) is 0 Å². The second-order valence-corrected chi connectivity index (χ2v) is 4.64. The van der Waals surface area contributed by atoms with Gasteiger partial charge in [-0.1, -0.05) is 70.1 Å². The van der Waals surface area contributed by atoms with Gasteiger partial charge in [-0.2, -0.15) is 0 Å². The number of benzene rings is 1. The van der Waals surface area contributed by atoms with Gasteiger partial charge in [-0.25, -0.2) is 0 Å². The van der Waals surface area contributed by atoms with E-state index in [2.05, 4.69) is 6.92 Å². The zero-order chi connectivity index (χ0) is 12.2. The zero-order valence-corrected chi connectivity index (χ0v) is 14.2. The van der Waals surface area contributed by atoms with E-state index in [1.165, 1.54) is 51.4 Å². The summed E-state index contributed by atoms with van der Waals surface area (Å²) in [6.07, 6.45) is 10.8. The minimum absolute atomic E-state index is 0. The van der Waals surface area contributed by atoms with Crippen molar-refractivity contribution in [2.75, 3.05) is 6.61 Å². The molecular formula is C16H26NaO. The van der Waals surface area contributed by atoms with Crippen LogP contribution in [0.15, 0.2) is 30.3 Å². The maximum absolute atomic E-state index is 5.65. The molecule has 97 valence electrons. The third kappa shape index (κ3) is 9.99. The van der Waals surface area contributed by atoms with Crippen LogP contribution in [0.5, 0.6) is 5.75 Å². The Labute approximate surface area is 135 Å². The van der Waals surface area contributed by atoms with Gasteiger partial charge in [-0.15, -0.1) is 0 Å². The van der Waals surface area contributed by atoms with Crippen LogP contribution < -0.4 is 4.74 Å². The predicted octanol–water partition coefficient (Wildman–Crippen LogP) is 4.83. The number of hydrogen-bond donors (Lipinski definition) is 0. The third-order valence-electron chi connectivity index (χ3n) is 3.01. The summed E-state index contributed by atoms with van der Waals surface area (Å²) in [5.74, 6) is 0.996. The Morgan fingerprint density at radius 2 is 1.33 bits per heavy atom. The van der Waals surface area contributed by atoms with Gasteiger partial charge in [0.2, 0.25) is 0 Å². The maximum atomic E-state index is 5.65. The first-order chi connectivity index (χ1) is 8.43. The molecule has 0 bridgehead atoms. The average Bonchev–Trinajstić information content (AvgIpc) is 2.38. The van der Waals surface area contributed by atoms with E-state index in [9.17, 15) is 0 Å². The zero-order valence-electron chi connectivity index (χ0n) is 12.2. The number of para-hydroxylation sites is 1. The number of unbranched alkanes of at least 4 members (excludes halogenated alkanes) is 7. The van der Waals surface area contributed by atoms with E-state index in [0.717, 1.165) is 12.4 Å². The Hall–Kier alpha value is 0.0200. The minimum atomic E-state index is 0. The molecule has 0 saturated heterocycles. The normalized spacial score (nSPS) is 9.83. The summed E-state index contributed by atoms with van der Waals surface area (Å²) in [6, 6.07) is 10.1. The van der Waals surface area contributed by atoms with Crippen molar-refractivity contribution < 1.29 is 4.74 Å². The third-order valence-corrected chi connectivity index (χ3v) is 3.01. The van der Waals surface area contributed by atoms with Crippen LogP contribution in [0.2, 0.25) is 0 Å². The molecule has 0 atom stereocenters. The number of rotatable bonds is 10. The summed E-state index contributed by atoms with van der Waals surface area (Å²) < 4.78 is 5.65. The van der Waals surface area contributed by atoms with Crippen LogP contribution in [-0.4, -0.2) is 36.2 Å². The second kappa shape index (κ2) is 13.5. The minimum Gasteiger partial charge on any atom is -0.494 e. The van der Waals surface area contributed by atoms with Crippen LogP contribution >= 0.6 is 0 Å². The molecule has 0 heterocycles. The van der Waals surface area contributed by atoms with Crippen molar-refractivity contribution in [1.29, 1.82) is 0 Å². The Bertz CT molecular complexity index is 261. The molecule has 0 saturated carbocycles. The van der Waals surface area contributed by atoms with E-state index in [-0.39, 0.29) is 29.6 Å². The second-order valence-electron chi connectivity index (χ2n) is 4.64. The largest absolute Gasteiger partial charge is 0.494 e. The van der Waals surface area contributed by atoms with Gasteiger partial charge in [0.05, 0.1) is 6.61 Å². The van der Waals surface area contributed by atoms with Crippen molar-refractivity contribution in [3.05, 3.63) is 30.3 Å². The Morgan fingerprint density at radius 1 is 0.778 bits per heavy atom. The fourth-order valence-electron chi connectivity index (χ4n) is 1.94. The van der Waals surface area contributed by atoms with E-state index < -0.39 is 0 Å². The molecule has 1 rings (SSSR count). The van der Waals surface area contributed by atoms with Crippen molar-refractivity contribution in [3.8, 4) is 5.75 Å². The van der Waals surface area contributed by atoms with E-state index in [0.29, 0.717) is 0 Å². The molecule has 18 heavy (non-hydrogen) atoms. The van der Waals surface area contributed by atoms with Crippen LogP contribution in [0.25, 0.3) is 0 Å². The first kappa shape index (κ1) is 18.0. The number of hydrogen-bond acceptors (Lipinski definition) is 1. The molecule has 1 nitrogen and oxygen atoms in total. The molecule has 1 radical (unpaired) electrons. The Kier molecular flexibility index (Phi) is 13.5. The fourth-order valence-corrected chi connectivity index (χ4v) is 1.94. The van der Waals surface area contributed by atoms with Gasteiger partial charge < -0.3 is 4.74 Å². The molecule has 0 N–H and O–H groups in total. The van der Waals surface area contributed by atoms with Gasteiger partial charge in [-0.3, -0.25) is 0 Å². The van der Waals surface area contributed by atoms with Gasteiger partial charge in [0, 0.05) is 29.6 Å². The molecule has 0 aliphatic carbocycles. The SMILES string of the molecule is CCCCCCCCCCOc1ccccc1.[Na]. The Balaban J connectivity index is 0.00000289. The van der Waals surface area contributed by atoms with Gasteiger partial charge >= 0.3 is 0 Å². The summed E-state index contributed by atoms with van der Waals surface area (Å²) in [6.45, 7) is 3.12. The molecule has 0 aliphatic heterocycles.